The van der Waals surface area contributed by atoms with E-state index < -0.39 is 11.7 Å². The highest BCUT2D eigenvalue weighted by Gasteiger charge is 2.34. The van der Waals surface area contributed by atoms with Gasteiger partial charge in [0.1, 0.15) is 11.5 Å². The minimum Gasteiger partial charge on any atom is -0.492 e. The van der Waals surface area contributed by atoms with E-state index in [0.29, 0.717) is 0 Å². The molecule has 0 spiro atoms. The van der Waals surface area contributed by atoms with Gasteiger partial charge in [0.25, 0.3) is 0 Å². The summed E-state index contributed by atoms with van der Waals surface area (Å²) in [6.45, 7) is 5.33. The summed E-state index contributed by atoms with van der Waals surface area (Å²) in [5, 5.41) is 0. The van der Waals surface area contributed by atoms with Crippen LogP contribution in [-0.2, 0) is 10.9 Å². The minimum absolute atomic E-state index is 0.0644. The predicted molar refractivity (Wildman–Crippen MR) is 49.9 cm³/mol. The van der Waals surface area contributed by atoms with Crippen molar-refractivity contribution in [3.05, 3.63) is 36.2 Å². The van der Waals surface area contributed by atoms with E-state index in [-0.39, 0.29) is 18.1 Å². The molecule has 0 atom stereocenters. The molecular formula is C10H10F3NO. The summed E-state index contributed by atoms with van der Waals surface area (Å²) >= 11 is 0. The third-order valence-electron chi connectivity index (χ3n) is 1.70. The Morgan fingerprint density at radius 2 is 2.20 bits per heavy atom. The Labute approximate surface area is 85.4 Å². The van der Waals surface area contributed by atoms with E-state index in [1.54, 1.807) is 6.92 Å². The molecule has 15 heavy (non-hydrogen) atoms. The Balaban J connectivity index is 3.12. The van der Waals surface area contributed by atoms with E-state index in [2.05, 4.69) is 11.6 Å². The number of alkyl halides is 3. The Bertz CT molecular complexity index is 360. The second-order valence-electron chi connectivity index (χ2n) is 2.75. The Morgan fingerprint density at radius 3 is 2.73 bits per heavy atom. The molecule has 0 saturated heterocycles. The van der Waals surface area contributed by atoms with Crippen molar-refractivity contribution in [1.82, 2.24) is 4.98 Å². The molecule has 0 N–H and O–H groups in total. The number of ether oxygens (including phenoxy) is 1. The van der Waals surface area contributed by atoms with Gasteiger partial charge in [0.05, 0.1) is 12.2 Å². The Morgan fingerprint density at radius 1 is 1.53 bits per heavy atom. The maximum atomic E-state index is 12.5. The molecule has 1 heterocycles. The molecule has 82 valence electrons. The fraction of sp³-hybridized carbons (Fsp3) is 0.300. The van der Waals surface area contributed by atoms with Gasteiger partial charge in [-0.2, -0.15) is 13.2 Å². The fourth-order valence-electron chi connectivity index (χ4n) is 1.10. The van der Waals surface area contributed by atoms with Crippen molar-refractivity contribution < 1.29 is 17.9 Å². The fourth-order valence-corrected chi connectivity index (χ4v) is 1.10. The first kappa shape index (κ1) is 11.6. The summed E-state index contributed by atoms with van der Waals surface area (Å²) in [5.41, 5.74) is -1.09. The molecule has 0 aliphatic carbocycles. The number of aromatic nitrogens is 1. The van der Waals surface area contributed by atoms with Gasteiger partial charge in [-0.05, 0) is 19.1 Å². The standard InChI is InChI=1S/C10H10F3NO/c1-3-15-7(2)9-8(10(11,12)13)5-4-6-14-9/h4-6H,2-3H2,1H3. The summed E-state index contributed by atoms with van der Waals surface area (Å²) in [4.78, 5) is 3.62. The third-order valence-corrected chi connectivity index (χ3v) is 1.70. The lowest BCUT2D eigenvalue weighted by Gasteiger charge is -2.13. The first-order valence-corrected chi connectivity index (χ1v) is 4.31. The van der Waals surface area contributed by atoms with Gasteiger partial charge in [-0.3, -0.25) is 4.98 Å². The molecule has 0 aromatic carbocycles. The number of rotatable bonds is 3. The smallest absolute Gasteiger partial charge is 0.418 e. The van der Waals surface area contributed by atoms with Crippen LogP contribution in [0.25, 0.3) is 5.76 Å². The normalized spacial score (nSPS) is 11.2. The minimum atomic E-state index is -4.44. The van der Waals surface area contributed by atoms with Crippen LogP contribution in [0.1, 0.15) is 18.2 Å². The molecule has 0 aliphatic rings. The molecule has 0 fully saturated rings. The lowest BCUT2D eigenvalue weighted by atomic mass is 10.1. The van der Waals surface area contributed by atoms with E-state index >= 15 is 0 Å². The van der Waals surface area contributed by atoms with Gasteiger partial charge in [0.2, 0.25) is 0 Å². The highest BCUT2D eigenvalue weighted by Crippen LogP contribution is 2.33. The lowest BCUT2D eigenvalue weighted by molar-refractivity contribution is -0.138. The average molecular weight is 217 g/mol. The van der Waals surface area contributed by atoms with Crippen molar-refractivity contribution in [2.24, 2.45) is 0 Å². The van der Waals surface area contributed by atoms with Crippen LogP contribution in [-0.4, -0.2) is 11.6 Å². The first-order chi connectivity index (χ1) is 6.96. The maximum Gasteiger partial charge on any atom is 0.418 e. The van der Waals surface area contributed by atoms with Crippen LogP contribution in [0.2, 0.25) is 0 Å². The van der Waals surface area contributed by atoms with E-state index in [1.165, 1.54) is 12.3 Å². The number of nitrogens with zero attached hydrogens (tertiary/aromatic N) is 1. The molecule has 0 saturated carbocycles. The molecule has 0 bridgehead atoms. The molecule has 1 aromatic rings. The van der Waals surface area contributed by atoms with Crippen LogP contribution in [0.5, 0.6) is 0 Å². The van der Waals surface area contributed by atoms with Gasteiger partial charge >= 0.3 is 6.18 Å². The van der Waals surface area contributed by atoms with Gasteiger partial charge in [-0.1, -0.05) is 6.58 Å². The van der Waals surface area contributed by atoms with Gasteiger partial charge < -0.3 is 4.74 Å². The van der Waals surface area contributed by atoms with Gasteiger partial charge in [0.15, 0.2) is 0 Å². The second-order valence-corrected chi connectivity index (χ2v) is 2.75. The number of hydrogen-bond donors (Lipinski definition) is 0. The van der Waals surface area contributed by atoms with Crippen molar-refractivity contribution in [3.8, 4) is 0 Å². The molecule has 0 radical (unpaired) electrons. The highest BCUT2D eigenvalue weighted by atomic mass is 19.4. The van der Waals surface area contributed by atoms with Gasteiger partial charge in [0, 0.05) is 6.20 Å². The maximum absolute atomic E-state index is 12.5. The van der Waals surface area contributed by atoms with Crippen molar-refractivity contribution in [1.29, 1.82) is 0 Å². The second kappa shape index (κ2) is 4.33. The van der Waals surface area contributed by atoms with Crippen LogP contribution in [0.15, 0.2) is 24.9 Å². The summed E-state index contributed by atoms with van der Waals surface area (Å²) < 4.78 is 42.4. The topological polar surface area (TPSA) is 22.1 Å². The van der Waals surface area contributed by atoms with Crippen LogP contribution < -0.4 is 0 Å². The summed E-state index contributed by atoms with van der Waals surface area (Å²) in [7, 11) is 0. The van der Waals surface area contributed by atoms with Gasteiger partial charge in [-0.25, -0.2) is 0 Å². The molecule has 1 rings (SSSR count). The van der Waals surface area contributed by atoms with E-state index in [0.717, 1.165) is 6.07 Å². The van der Waals surface area contributed by atoms with E-state index in [1.807, 2.05) is 0 Å². The van der Waals surface area contributed by atoms with Crippen molar-refractivity contribution >= 4 is 5.76 Å². The van der Waals surface area contributed by atoms with Gasteiger partial charge in [-0.15, -0.1) is 0 Å². The molecule has 0 aliphatic heterocycles. The zero-order valence-corrected chi connectivity index (χ0v) is 8.14. The highest BCUT2D eigenvalue weighted by molar-refractivity contribution is 5.57. The largest absolute Gasteiger partial charge is 0.492 e. The Hall–Kier alpha value is -1.52. The zero-order chi connectivity index (χ0) is 11.5. The number of pyridine rings is 1. The molecular weight excluding hydrogens is 207 g/mol. The van der Waals surface area contributed by atoms with E-state index in [4.69, 9.17) is 4.74 Å². The van der Waals surface area contributed by atoms with Crippen molar-refractivity contribution in [3.63, 3.8) is 0 Å². The van der Waals surface area contributed by atoms with Crippen molar-refractivity contribution in [2.45, 2.75) is 13.1 Å². The summed E-state index contributed by atoms with van der Waals surface area (Å²) in [5.74, 6) is -0.0644. The van der Waals surface area contributed by atoms with Crippen LogP contribution >= 0.6 is 0 Å². The third kappa shape index (κ3) is 2.71. The lowest BCUT2D eigenvalue weighted by Crippen LogP contribution is -2.10. The quantitative estimate of drug-likeness (QED) is 0.726. The van der Waals surface area contributed by atoms with Crippen LogP contribution in [0.3, 0.4) is 0 Å². The average Bonchev–Trinajstić information content (AvgIpc) is 2.17. The van der Waals surface area contributed by atoms with E-state index in [9.17, 15) is 13.2 Å². The van der Waals surface area contributed by atoms with Crippen molar-refractivity contribution in [2.75, 3.05) is 6.61 Å². The number of halogens is 3. The monoisotopic (exact) mass is 217 g/mol. The van der Waals surface area contributed by atoms with Crippen LogP contribution in [0.4, 0.5) is 13.2 Å². The molecule has 1 aromatic heterocycles. The summed E-state index contributed by atoms with van der Waals surface area (Å²) in [6, 6.07) is 2.18. The number of hydrogen-bond acceptors (Lipinski definition) is 2. The first-order valence-electron chi connectivity index (χ1n) is 4.31. The predicted octanol–water partition coefficient (Wildman–Crippen LogP) is 3.11. The molecule has 5 heteroatoms. The Kier molecular flexibility index (Phi) is 3.34. The molecule has 2 nitrogen and oxygen atoms in total. The SMILES string of the molecule is C=C(OCC)c1ncccc1C(F)(F)F. The van der Waals surface area contributed by atoms with Crippen LogP contribution in [0, 0.1) is 0 Å². The zero-order valence-electron chi connectivity index (χ0n) is 8.14. The molecule has 0 amide bonds. The molecule has 0 unspecified atom stereocenters. The summed E-state index contributed by atoms with van der Waals surface area (Å²) in [6.07, 6.45) is -3.17.